The molecule has 0 spiro atoms. The minimum absolute atomic E-state index is 0.759. The summed E-state index contributed by atoms with van der Waals surface area (Å²) in [7, 11) is 0. The van der Waals surface area contributed by atoms with Crippen molar-refractivity contribution in [1.82, 2.24) is 25.5 Å². The topological polar surface area (TPSA) is 57.7 Å². The number of tetrazole rings is 1. The van der Waals surface area contributed by atoms with Crippen molar-refractivity contribution in [3.63, 3.8) is 0 Å². The molecule has 20 heavy (non-hydrogen) atoms. The second-order valence-corrected chi connectivity index (χ2v) is 5.65. The molecule has 0 fully saturated rings. The van der Waals surface area contributed by atoms with E-state index in [2.05, 4.69) is 38.5 Å². The minimum atomic E-state index is 0.759. The number of aromatic amines is 1. The Kier molecular flexibility index (Phi) is 6.71. The van der Waals surface area contributed by atoms with Gasteiger partial charge in [0.25, 0.3) is 0 Å². The molecule has 5 heteroatoms. The van der Waals surface area contributed by atoms with Gasteiger partial charge in [0.05, 0.1) is 0 Å². The van der Waals surface area contributed by atoms with Gasteiger partial charge in [-0.05, 0) is 24.6 Å². The van der Waals surface area contributed by atoms with Crippen molar-refractivity contribution in [2.45, 2.75) is 58.3 Å². The number of rotatable bonds is 9. The Hall–Kier alpha value is -1.23. The van der Waals surface area contributed by atoms with Gasteiger partial charge in [0.15, 0.2) is 0 Å². The summed E-state index contributed by atoms with van der Waals surface area (Å²) in [6, 6.07) is 0. The molecule has 1 aromatic rings. The second-order valence-electron chi connectivity index (χ2n) is 5.65. The summed E-state index contributed by atoms with van der Waals surface area (Å²) in [5, 5.41) is 14.3. The zero-order valence-electron chi connectivity index (χ0n) is 12.6. The van der Waals surface area contributed by atoms with E-state index in [1.807, 2.05) is 0 Å². The van der Waals surface area contributed by atoms with Gasteiger partial charge < -0.3 is 0 Å². The van der Waals surface area contributed by atoms with E-state index in [0.29, 0.717) is 0 Å². The van der Waals surface area contributed by atoms with Gasteiger partial charge >= 0.3 is 0 Å². The van der Waals surface area contributed by atoms with E-state index in [0.717, 1.165) is 25.3 Å². The Bertz CT molecular complexity index is 385. The summed E-state index contributed by atoms with van der Waals surface area (Å²) < 4.78 is 0. The first-order chi connectivity index (χ1) is 9.90. The van der Waals surface area contributed by atoms with Crippen LogP contribution in [-0.4, -0.2) is 45.2 Å². The molecule has 0 atom stereocenters. The van der Waals surface area contributed by atoms with E-state index >= 15 is 0 Å². The molecule has 0 amide bonds. The third kappa shape index (κ3) is 5.04. The molecule has 112 valence electrons. The molecule has 0 unspecified atom stereocenters. The fraction of sp³-hybridized carbons (Fsp3) is 0.800. The van der Waals surface area contributed by atoms with Crippen molar-refractivity contribution in [3.05, 3.63) is 11.9 Å². The zero-order chi connectivity index (χ0) is 14.0. The molecule has 2 rings (SSSR count). The molecule has 0 aliphatic carbocycles. The van der Waals surface area contributed by atoms with Crippen LogP contribution in [0.3, 0.4) is 0 Å². The third-order valence-electron chi connectivity index (χ3n) is 3.94. The molecule has 1 N–H and O–H groups in total. The van der Waals surface area contributed by atoms with Gasteiger partial charge in [0.2, 0.25) is 5.82 Å². The van der Waals surface area contributed by atoms with E-state index in [9.17, 15) is 0 Å². The Morgan fingerprint density at radius 1 is 1.15 bits per heavy atom. The van der Waals surface area contributed by atoms with Crippen LogP contribution in [0.1, 0.15) is 64.1 Å². The van der Waals surface area contributed by atoms with Gasteiger partial charge in [0.1, 0.15) is 0 Å². The molecule has 1 aromatic heterocycles. The number of nitrogens with one attached hydrogen (secondary N) is 1. The van der Waals surface area contributed by atoms with Gasteiger partial charge in [-0.1, -0.05) is 51.5 Å². The molecular weight excluding hydrogens is 250 g/mol. The average molecular weight is 277 g/mol. The molecule has 5 nitrogen and oxygen atoms in total. The summed E-state index contributed by atoms with van der Waals surface area (Å²) in [6.45, 7) is 5.60. The van der Waals surface area contributed by atoms with Gasteiger partial charge in [-0.25, -0.2) is 0 Å². The van der Waals surface area contributed by atoms with Gasteiger partial charge in [-0.15, -0.1) is 10.2 Å². The lowest BCUT2D eigenvalue weighted by Crippen LogP contribution is -2.30. The zero-order valence-corrected chi connectivity index (χ0v) is 12.6. The minimum Gasteiger partial charge on any atom is -0.299 e. The SMILES string of the molecule is CCCCCCCCCN1CCC=C(c2nn[nH]n2)C1. The number of aromatic nitrogens is 4. The predicted octanol–water partition coefficient (Wildman–Crippen LogP) is 3.04. The summed E-state index contributed by atoms with van der Waals surface area (Å²) in [4.78, 5) is 2.51. The number of H-pyrrole nitrogens is 1. The molecule has 2 heterocycles. The Labute approximate surface area is 121 Å². The standard InChI is InChI=1S/C15H27N5/c1-2-3-4-5-6-7-8-11-20-12-9-10-14(13-20)15-16-18-19-17-15/h10H,2-9,11-13H2,1H3,(H,16,17,18,19). The smallest absolute Gasteiger partial charge is 0.201 e. The molecule has 1 aliphatic rings. The van der Waals surface area contributed by atoms with Crippen LogP contribution in [0.25, 0.3) is 5.57 Å². The van der Waals surface area contributed by atoms with Crippen LogP contribution in [0.5, 0.6) is 0 Å². The van der Waals surface area contributed by atoms with Crippen molar-refractivity contribution in [2.75, 3.05) is 19.6 Å². The first-order valence-corrected chi connectivity index (χ1v) is 8.05. The number of hydrogen-bond acceptors (Lipinski definition) is 4. The van der Waals surface area contributed by atoms with Crippen LogP contribution < -0.4 is 0 Å². The molecular formula is C15H27N5. The number of nitrogens with zero attached hydrogens (tertiary/aromatic N) is 4. The van der Waals surface area contributed by atoms with Crippen molar-refractivity contribution >= 4 is 5.57 Å². The summed E-state index contributed by atoms with van der Waals surface area (Å²) in [5.74, 6) is 0.759. The maximum atomic E-state index is 4.07. The van der Waals surface area contributed by atoms with Crippen LogP contribution in [0, 0.1) is 0 Å². The summed E-state index contributed by atoms with van der Waals surface area (Å²) >= 11 is 0. The van der Waals surface area contributed by atoms with Gasteiger partial charge in [0, 0.05) is 18.7 Å². The molecule has 0 bridgehead atoms. The normalized spacial score (nSPS) is 16.4. The fourth-order valence-corrected chi connectivity index (χ4v) is 2.75. The number of unbranched alkanes of at least 4 members (excludes halogenated alkanes) is 6. The molecule has 1 aliphatic heterocycles. The largest absolute Gasteiger partial charge is 0.299 e. The number of hydrogen-bond donors (Lipinski definition) is 1. The highest BCUT2D eigenvalue weighted by Gasteiger charge is 2.15. The van der Waals surface area contributed by atoms with E-state index in [1.165, 1.54) is 57.1 Å². The lowest BCUT2D eigenvalue weighted by molar-refractivity contribution is 0.295. The Morgan fingerprint density at radius 2 is 1.95 bits per heavy atom. The van der Waals surface area contributed by atoms with E-state index < -0.39 is 0 Å². The third-order valence-corrected chi connectivity index (χ3v) is 3.94. The second kappa shape index (κ2) is 8.84. The van der Waals surface area contributed by atoms with E-state index in [1.54, 1.807) is 0 Å². The highest BCUT2D eigenvalue weighted by Crippen LogP contribution is 2.17. The van der Waals surface area contributed by atoms with Crippen molar-refractivity contribution in [2.24, 2.45) is 0 Å². The highest BCUT2D eigenvalue weighted by molar-refractivity contribution is 5.61. The van der Waals surface area contributed by atoms with Crippen LogP contribution in [-0.2, 0) is 0 Å². The predicted molar refractivity (Wildman–Crippen MR) is 81.2 cm³/mol. The highest BCUT2D eigenvalue weighted by atomic mass is 15.5. The quantitative estimate of drug-likeness (QED) is 0.705. The maximum absolute atomic E-state index is 4.07. The summed E-state index contributed by atoms with van der Waals surface area (Å²) in [5.41, 5.74) is 1.22. The van der Waals surface area contributed by atoms with Crippen LogP contribution in [0.4, 0.5) is 0 Å². The van der Waals surface area contributed by atoms with Crippen LogP contribution in [0.15, 0.2) is 6.08 Å². The molecule has 0 saturated carbocycles. The molecule has 0 saturated heterocycles. The van der Waals surface area contributed by atoms with Crippen molar-refractivity contribution in [3.8, 4) is 0 Å². The average Bonchev–Trinajstić information content (AvgIpc) is 3.01. The van der Waals surface area contributed by atoms with Crippen LogP contribution >= 0.6 is 0 Å². The van der Waals surface area contributed by atoms with Gasteiger partial charge in [-0.2, -0.15) is 5.21 Å². The van der Waals surface area contributed by atoms with Crippen molar-refractivity contribution in [1.29, 1.82) is 0 Å². The van der Waals surface area contributed by atoms with Crippen LogP contribution in [0.2, 0.25) is 0 Å². The first kappa shape index (κ1) is 15.2. The fourth-order valence-electron chi connectivity index (χ4n) is 2.75. The Morgan fingerprint density at radius 3 is 2.70 bits per heavy atom. The van der Waals surface area contributed by atoms with E-state index in [4.69, 9.17) is 0 Å². The van der Waals surface area contributed by atoms with E-state index in [-0.39, 0.29) is 0 Å². The summed E-state index contributed by atoms with van der Waals surface area (Å²) in [6.07, 6.45) is 12.9. The first-order valence-electron chi connectivity index (χ1n) is 8.05. The molecule has 0 aromatic carbocycles. The monoisotopic (exact) mass is 277 g/mol. The van der Waals surface area contributed by atoms with Gasteiger partial charge in [-0.3, -0.25) is 4.90 Å². The maximum Gasteiger partial charge on any atom is 0.201 e. The lowest BCUT2D eigenvalue weighted by Gasteiger charge is -2.25. The van der Waals surface area contributed by atoms with Crippen molar-refractivity contribution < 1.29 is 0 Å². The lowest BCUT2D eigenvalue weighted by atomic mass is 10.1. The Balaban J connectivity index is 1.59. The molecule has 0 radical (unpaired) electrons.